The van der Waals surface area contributed by atoms with Gasteiger partial charge in [-0.25, -0.2) is 9.79 Å². The second kappa shape index (κ2) is 10.9. The minimum absolute atomic E-state index is 0.0829. The number of hydrogen-bond acceptors (Lipinski definition) is 10. The number of fused-ring (bicyclic) bond motifs is 1. The van der Waals surface area contributed by atoms with Crippen LogP contribution in [0.1, 0.15) is 31.2 Å². The molecule has 3 heterocycles. The summed E-state index contributed by atoms with van der Waals surface area (Å²) in [7, 11) is 0. The van der Waals surface area contributed by atoms with Gasteiger partial charge in [-0.1, -0.05) is 22.9 Å². The van der Waals surface area contributed by atoms with Gasteiger partial charge < -0.3 is 9.15 Å². The van der Waals surface area contributed by atoms with E-state index in [2.05, 4.69) is 4.99 Å². The van der Waals surface area contributed by atoms with E-state index < -0.39 is 27.4 Å². The molecule has 4 aromatic rings. The summed E-state index contributed by atoms with van der Waals surface area (Å²) < 4.78 is 13.0. The Hall–Kier alpha value is -4.88. The van der Waals surface area contributed by atoms with E-state index in [0.717, 1.165) is 11.3 Å². The molecule has 208 valence electrons. The Labute approximate surface area is 239 Å². The molecule has 1 aliphatic rings. The molecule has 0 aliphatic carbocycles. The largest absolute Gasteiger partial charge is 0.463 e. The molecule has 0 saturated heterocycles. The monoisotopic (exact) mass is 594 g/mol. The summed E-state index contributed by atoms with van der Waals surface area (Å²) in [5.41, 5.74) is 0.476. The number of nitro benzene ring substituents is 2. The van der Waals surface area contributed by atoms with Gasteiger partial charge in [0.2, 0.25) is 0 Å². The minimum atomic E-state index is -1.06. The van der Waals surface area contributed by atoms with Crippen molar-refractivity contribution in [3.05, 3.63) is 122 Å². The van der Waals surface area contributed by atoms with Gasteiger partial charge in [-0.3, -0.25) is 29.6 Å². The smallest absolute Gasteiger partial charge is 0.338 e. The first-order chi connectivity index (χ1) is 19.6. The van der Waals surface area contributed by atoms with Crippen LogP contribution in [-0.4, -0.2) is 27.0 Å². The van der Waals surface area contributed by atoms with E-state index >= 15 is 0 Å². The SMILES string of the molecule is CCOC(=O)C1=C(C)N=c2s/c(=C\c3ccc([N+](=O)[O-])cc3)c(=O)n2[C@@H]1c1ccc(-c2cc([N+](=O)[O-])ccc2Cl)o1. The van der Waals surface area contributed by atoms with Gasteiger partial charge in [-0.05, 0) is 55.8 Å². The highest BCUT2D eigenvalue weighted by Crippen LogP contribution is 2.37. The number of carbonyl (C=O) groups is 1. The van der Waals surface area contributed by atoms with Crippen LogP contribution >= 0.6 is 22.9 Å². The molecule has 0 fully saturated rings. The van der Waals surface area contributed by atoms with Crippen LogP contribution < -0.4 is 14.9 Å². The molecule has 0 bridgehead atoms. The molecule has 0 unspecified atom stereocenters. The molecular formula is C27H19ClN4O8S. The van der Waals surface area contributed by atoms with Crippen molar-refractivity contribution in [2.45, 2.75) is 19.9 Å². The molecule has 0 spiro atoms. The molecular weight excluding hydrogens is 576 g/mol. The zero-order valence-corrected chi connectivity index (χ0v) is 23.0. The molecule has 0 amide bonds. The zero-order valence-electron chi connectivity index (χ0n) is 21.4. The van der Waals surface area contributed by atoms with E-state index in [0.29, 0.717) is 16.1 Å². The van der Waals surface area contributed by atoms with Gasteiger partial charge in [0.15, 0.2) is 4.80 Å². The minimum Gasteiger partial charge on any atom is -0.463 e. The molecule has 12 nitrogen and oxygen atoms in total. The average Bonchev–Trinajstić information content (AvgIpc) is 3.53. The lowest BCUT2D eigenvalue weighted by molar-refractivity contribution is -0.385. The number of thiazole rings is 1. The lowest BCUT2D eigenvalue weighted by atomic mass is 10.0. The number of nitro groups is 2. The number of allylic oxidation sites excluding steroid dienone is 1. The number of ether oxygens (including phenoxy) is 1. The fourth-order valence-corrected chi connectivity index (χ4v) is 5.62. The Morgan fingerprint density at radius 3 is 2.46 bits per heavy atom. The van der Waals surface area contributed by atoms with Crippen molar-refractivity contribution in [3.63, 3.8) is 0 Å². The van der Waals surface area contributed by atoms with E-state index in [4.69, 9.17) is 20.8 Å². The zero-order chi connectivity index (χ0) is 29.4. The first-order valence-electron chi connectivity index (χ1n) is 12.1. The van der Waals surface area contributed by atoms with Crippen LogP contribution in [0.5, 0.6) is 0 Å². The molecule has 2 aromatic heterocycles. The Morgan fingerprint density at radius 2 is 1.80 bits per heavy atom. The third kappa shape index (κ3) is 5.19. The van der Waals surface area contributed by atoms with Gasteiger partial charge in [0.05, 0.1) is 37.3 Å². The average molecular weight is 595 g/mol. The third-order valence-corrected chi connectivity index (χ3v) is 7.55. The van der Waals surface area contributed by atoms with E-state index in [9.17, 15) is 29.8 Å². The fraction of sp³-hybridized carbons (Fsp3) is 0.148. The Bertz CT molecular complexity index is 1940. The molecule has 14 heteroatoms. The fourth-order valence-electron chi connectivity index (χ4n) is 4.36. The van der Waals surface area contributed by atoms with Crippen molar-refractivity contribution < 1.29 is 23.8 Å². The standard InChI is InChI=1S/C27H19ClN4O8S/c1-3-39-26(34)23-14(2)29-27-30(25(33)22(41-27)12-15-4-6-16(7-5-15)31(35)36)24(23)21-11-10-20(40-21)18-13-17(32(37)38)8-9-19(18)28/h4-13,24H,3H2,1-2H3/b22-12-/t24-/m1/s1. The molecule has 2 aromatic carbocycles. The number of furan rings is 1. The number of hydrogen-bond donors (Lipinski definition) is 0. The third-order valence-electron chi connectivity index (χ3n) is 6.24. The predicted octanol–water partition coefficient (Wildman–Crippen LogP) is 4.53. The normalized spacial score (nSPS) is 14.9. The quantitative estimate of drug-likeness (QED) is 0.171. The maximum atomic E-state index is 13.7. The number of rotatable bonds is 7. The van der Waals surface area contributed by atoms with Crippen LogP contribution in [0.3, 0.4) is 0 Å². The first-order valence-corrected chi connectivity index (χ1v) is 13.3. The lowest BCUT2D eigenvalue weighted by Crippen LogP contribution is -2.39. The summed E-state index contributed by atoms with van der Waals surface area (Å²) in [4.78, 5) is 52.8. The van der Waals surface area contributed by atoms with E-state index in [1.807, 2.05) is 0 Å². The number of halogens is 1. The Morgan fingerprint density at radius 1 is 1.12 bits per heavy atom. The second-order valence-corrected chi connectivity index (χ2v) is 10.2. The lowest BCUT2D eigenvalue weighted by Gasteiger charge is -2.22. The van der Waals surface area contributed by atoms with E-state index in [1.54, 1.807) is 32.1 Å². The van der Waals surface area contributed by atoms with Crippen molar-refractivity contribution >= 4 is 46.4 Å². The van der Waals surface area contributed by atoms with Gasteiger partial charge >= 0.3 is 5.97 Å². The number of aromatic nitrogens is 1. The second-order valence-electron chi connectivity index (χ2n) is 8.77. The maximum Gasteiger partial charge on any atom is 0.338 e. The highest BCUT2D eigenvalue weighted by Gasteiger charge is 2.35. The van der Waals surface area contributed by atoms with Gasteiger partial charge in [-0.15, -0.1) is 0 Å². The predicted molar refractivity (Wildman–Crippen MR) is 149 cm³/mol. The number of esters is 1. The van der Waals surface area contributed by atoms with Crippen LogP contribution in [0, 0.1) is 20.2 Å². The number of carbonyl (C=O) groups excluding carboxylic acids is 1. The van der Waals surface area contributed by atoms with E-state index in [-0.39, 0.29) is 50.2 Å². The summed E-state index contributed by atoms with van der Waals surface area (Å²) in [5.74, 6) is -0.308. The first kappa shape index (κ1) is 27.7. The summed E-state index contributed by atoms with van der Waals surface area (Å²) in [6.07, 6.45) is 1.57. The number of benzene rings is 2. The Kier molecular flexibility index (Phi) is 7.39. The topological polar surface area (TPSA) is 160 Å². The molecule has 5 rings (SSSR count). The molecule has 0 N–H and O–H groups in total. The molecule has 0 radical (unpaired) electrons. The van der Waals surface area contributed by atoms with Crippen LogP contribution in [0.4, 0.5) is 11.4 Å². The van der Waals surface area contributed by atoms with Crippen molar-refractivity contribution in [1.29, 1.82) is 0 Å². The Balaban J connectivity index is 1.67. The highest BCUT2D eigenvalue weighted by atomic mass is 35.5. The van der Waals surface area contributed by atoms with Gasteiger partial charge in [0.1, 0.15) is 17.6 Å². The molecule has 1 aliphatic heterocycles. The number of non-ortho nitro benzene ring substituents is 2. The van der Waals surface area contributed by atoms with Crippen LogP contribution in [-0.2, 0) is 9.53 Å². The maximum absolute atomic E-state index is 13.7. The van der Waals surface area contributed by atoms with E-state index in [1.165, 1.54) is 47.0 Å². The van der Waals surface area contributed by atoms with Crippen molar-refractivity contribution in [2.24, 2.45) is 4.99 Å². The van der Waals surface area contributed by atoms with Crippen molar-refractivity contribution in [2.75, 3.05) is 6.61 Å². The van der Waals surface area contributed by atoms with Crippen LogP contribution in [0.2, 0.25) is 5.02 Å². The van der Waals surface area contributed by atoms with Crippen LogP contribution in [0.25, 0.3) is 17.4 Å². The molecule has 41 heavy (non-hydrogen) atoms. The highest BCUT2D eigenvalue weighted by molar-refractivity contribution is 7.07. The summed E-state index contributed by atoms with van der Waals surface area (Å²) in [5, 5.41) is 22.5. The van der Waals surface area contributed by atoms with Crippen molar-refractivity contribution in [3.8, 4) is 11.3 Å². The van der Waals surface area contributed by atoms with Gasteiger partial charge in [0, 0.05) is 29.8 Å². The summed E-state index contributed by atoms with van der Waals surface area (Å²) >= 11 is 7.39. The van der Waals surface area contributed by atoms with Gasteiger partial charge in [-0.2, -0.15) is 0 Å². The van der Waals surface area contributed by atoms with Crippen LogP contribution in [0.15, 0.2) is 80.1 Å². The van der Waals surface area contributed by atoms with Gasteiger partial charge in [0.25, 0.3) is 16.9 Å². The molecule has 0 saturated carbocycles. The summed E-state index contributed by atoms with van der Waals surface area (Å²) in [6, 6.07) is 11.7. The van der Waals surface area contributed by atoms with Crippen molar-refractivity contribution in [1.82, 2.24) is 4.57 Å². The molecule has 1 atom stereocenters. The summed E-state index contributed by atoms with van der Waals surface area (Å²) in [6.45, 7) is 3.35. The number of nitrogens with zero attached hydrogens (tertiary/aromatic N) is 4.